The Morgan fingerprint density at radius 3 is 2.39 bits per heavy atom. The molecule has 120 valence electrons. The fraction of sp³-hybridized carbons (Fsp3) is 0.294. The van der Waals surface area contributed by atoms with Gasteiger partial charge in [0.05, 0.1) is 4.92 Å². The van der Waals surface area contributed by atoms with Crippen molar-refractivity contribution in [2.24, 2.45) is 0 Å². The minimum atomic E-state index is -0.345. The van der Waals surface area contributed by atoms with Gasteiger partial charge in [-0.2, -0.15) is 0 Å². The number of benzene rings is 2. The van der Waals surface area contributed by atoms with Crippen molar-refractivity contribution < 1.29 is 4.92 Å². The third kappa shape index (κ3) is 4.00. The Hall–Kier alpha value is -2.11. The summed E-state index contributed by atoms with van der Waals surface area (Å²) in [5.41, 5.74) is 2.32. The van der Waals surface area contributed by atoms with Gasteiger partial charge >= 0.3 is 0 Å². The van der Waals surface area contributed by atoms with E-state index in [0.717, 1.165) is 43.3 Å². The minimum Gasteiger partial charge on any atom is -0.369 e. The Kier molecular flexibility index (Phi) is 4.79. The molecule has 23 heavy (non-hydrogen) atoms. The van der Waals surface area contributed by atoms with E-state index in [1.807, 2.05) is 30.3 Å². The Morgan fingerprint density at radius 1 is 1.04 bits per heavy atom. The molecule has 0 amide bonds. The second-order valence-electron chi connectivity index (χ2n) is 5.67. The number of anilines is 1. The predicted molar refractivity (Wildman–Crippen MR) is 92.0 cm³/mol. The first-order chi connectivity index (χ1) is 11.1. The van der Waals surface area contributed by atoms with Crippen LogP contribution < -0.4 is 4.90 Å². The minimum absolute atomic E-state index is 0.155. The average Bonchev–Trinajstić information content (AvgIpc) is 2.57. The third-order valence-corrected chi connectivity index (χ3v) is 4.34. The van der Waals surface area contributed by atoms with Gasteiger partial charge in [0, 0.05) is 55.6 Å². The van der Waals surface area contributed by atoms with E-state index in [4.69, 9.17) is 11.6 Å². The summed E-state index contributed by atoms with van der Waals surface area (Å²) in [5.74, 6) is 0. The van der Waals surface area contributed by atoms with Crippen LogP contribution in [0.2, 0.25) is 5.02 Å². The molecule has 1 saturated heterocycles. The van der Waals surface area contributed by atoms with Crippen LogP contribution in [0.15, 0.2) is 48.5 Å². The van der Waals surface area contributed by atoms with Gasteiger partial charge < -0.3 is 4.90 Å². The molecule has 1 fully saturated rings. The molecule has 0 aromatic heterocycles. The SMILES string of the molecule is O=[N+]([O-])c1cccc(CN2CCN(c3ccc(Cl)cc3)CC2)c1. The van der Waals surface area contributed by atoms with Crippen LogP contribution in [-0.2, 0) is 6.54 Å². The number of nitro groups is 1. The zero-order valence-corrected chi connectivity index (χ0v) is 13.4. The highest BCUT2D eigenvalue weighted by Gasteiger charge is 2.18. The van der Waals surface area contributed by atoms with E-state index >= 15 is 0 Å². The molecule has 1 heterocycles. The molecule has 0 saturated carbocycles. The zero-order valence-electron chi connectivity index (χ0n) is 12.7. The number of rotatable bonds is 4. The Balaban J connectivity index is 1.58. The van der Waals surface area contributed by atoms with Gasteiger partial charge in [0.25, 0.3) is 5.69 Å². The van der Waals surface area contributed by atoms with Crippen LogP contribution in [0.1, 0.15) is 5.56 Å². The van der Waals surface area contributed by atoms with E-state index in [2.05, 4.69) is 9.80 Å². The Morgan fingerprint density at radius 2 is 1.74 bits per heavy atom. The molecule has 5 nitrogen and oxygen atoms in total. The van der Waals surface area contributed by atoms with Gasteiger partial charge in [0.2, 0.25) is 0 Å². The predicted octanol–water partition coefficient (Wildman–Crippen LogP) is 3.57. The number of piperazine rings is 1. The maximum Gasteiger partial charge on any atom is 0.269 e. The molecular weight excluding hydrogens is 314 g/mol. The molecule has 1 aliphatic rings. The van der Waals surface area contributed by atoms with E-state index in [1.165, 1.54) is 11.8 Å². The van der Waals surface area contributed by atoms with Crippen LogP contribution in [0.4, 0.5) is 11.4 Å². The van der Waals surface area contributed by atoms with Crippen molar-refractivity contribution in [2.75, 3.05) is 31.1 Å². The maximum atomic E-state index is 10.8. The van der Waals surface area contributed by atoms with Gasteiger partial charge in [-0.3, -0.25) is 15.0 Å². The largest absolute Gasteiger partial charge is 0.369 e. The van der Waals surface area contributed by atoms with Crippen molar-refractivity contribution in [2.45, 2.75) is 6.54 Å². The third-order valence-electron chi connectivity index (χ3n) is 4.09. The van der Waals surface area contributed by atoms with E-state index in [1.54, 1.807) is 12.1 Å². The first-order valence-electron chi connectivity index (χ1n) is 7.58. The lowest BCUT2D eigenvalue weighted by Gasteiger charge is -2.36. The number of halogens is 1. The molecule has 0 radical (unpaired) electrons. The van der Waals surface area contributed by atoms with Crippen LogP contribution in [0, 0.1) is 10.1 Å². The summed E-state index contributed by atoms with van der Waals surface area (Å²) in [4.78, 5) is 15.2. The number of non-ortho nitro benzene ring substituents is 1. The molecule has 0 bridgehead atoms. The summed E-state index contributed by atoms with van der Waals surface area (Å²) in [5, 5.41) is 11.6. The molecule has 0 atom stereocenters. The monoisotopic (exact) mass is 331 g/mol. The molecule has 2 aromatic rings. The second-order valence-corrected chi connectivity index (χ2v) is 6.10. The normalized spacial score (nSPS) is 15.6. The van der Waals surface area contributed by atoms with Crippen molar-refractivity contribution in [1.29, 1.82) is 0 Å². The van der Waals surface area contributed by atoms with Crippen LogP contribution in [0.5, 0.6) is 0 Å². The lowest BCUT2D eigenvalue weighted by Crippen LogP contribution is -2.45. The van der Waals surface area contributed by atoms with Crippen LogP contribution in [-0.4, -0.2) is 36.0 Å². The summed E-state index contributed by atoms with van der Waals surface area (Å²) >= 11 is 5.92. The van der Waals surface area contributed by atoms with Crippen molar-refractivity contribution in [3.63, 3.8) is 0 Å². The van der Waals surface area contributed by atoms with Crippen molar-refractivity contribution in [3.8, 4) is 0 Å². The van der Waals surface area contributed by atoms with E-state index < -0.39 is 0 Å². The number of hydrogen-bond acceptors (Lipinski definition) is 4. The molecule has 3 rings (SSSR count). The number of nitro benzene ring substituents is 1. The summed E-state index contributed by atoms with van der Waals surface area (Å²) in [6, 6.07) is 14.8. The average molecular weight is 332 g/mol. The van der Waals surface area contributed by atoms with Crippen LogP contribution >= 0.6 is 11.6 Å². The van der Waals surface area contributed by atoms with E-state index in [-0.39, 0.29) is 10.6 Å². The summed E-state index contributed by atoms with van der Waals surface area (Å²) in [7, 11) is 0. The molecule has 2 aromatic carbocycles. The van der Waals surface area contributed by atoms with E-state index in [0.29, 0.717) is 0 Å². The van der Waals surface area contributed by atoms with Gasteiger partial charge in [0.15, 0.2) is 0 Å². The van der Waals surface area contributed by atoms with E-state index in [9.17, 15) is 10.1 Å². The highest BCUT2D eigenvalue weighted by molar-refractivity contribution is 6.30. The first-order valence-corrected chi connectivity index (χ1v) is 7.96. The van der Waals surface area contributed by atoms with Gasteiger partial charge in [-0.05, 0) is 29.8 Å². The van der Waals surface area contributed by atoms with Crippen molar-refractivity contribution in [1.82, 2.24) is 4.90 Å². The Bertz CT molecular complexity index is 682. The zero-order chi connectivity index (χ0) is 16.2. The van der Waals surface area contributed by atoms with Gasteiger partial charge in [0.1, 0.15) is 0 Å². The topological polar surface area (TPSA) is 49.6 Å². The fourth-order valence-corrected chi connectivity index (χ4v) is 2.97. The molecule has 0 unspecified atom stereocenters. The smallest absolute Gasteiger partial charge is 0.269 e. The second kappa shape index (κ2) is 6.98. The highest BCUT2D eigenvalue weighted by atomic mass is 35.5. The quantitative estimate of drug-likeness (QED) is 0.635. The molecule has 6 heteroatoms. The molecular formula is C17H18ClN3O2. The Labute approximate surface area is 140 Å². The molecule has 1 aliphatic heterocycles. The van der Waals surface area contributed by atoms with Crippen LogP contribution in [0.25, 0.3) is 0 Å². The van der Waals surface area contributed by atoms with Gasteiger partial charge in [-0.15, -0.1) is 0 Å². The summed E-state index contributed by atoms with van der Waals surface area (Å²) in [6.07, 6.45) is 0. The van der Waals surface area contributed by atoms with Crippen molar-refractivity contribution >= 4 is 23.0 Å². The molecule has 0 aliphatic carbocycles. The summed E-state index contributed by atoms with van der Waals surface area (Å²) < 4.78 is 0. The lowest BCUT2D eigenvalue weighted by molar-refractivity contribution is -0.384. The van der Waals surface area contributed by atoms with Crippen LogP contribution in [0.3, 0.4) is 0 Å². The standard InChI is InChI=1S/C17H18ClN3O2/c18-15-4-6-16(7-5-15)20-10-8-19(9-11-20)13-14-2-1-3-17(12-14)21(22)23/h1-7,12H,8-11,13H2. The number of nitrogens with zero attached hydrogens (tertiary/aromatic N) is 3. The lowest BCUT2D eigenvalue weighted by atomic mass is 10.1. The first kappa shape index (κ1) is 15.8. The molecule has 0 N–H and O–H groups in total. The number of hydrogen-bond donors (Lipinski definition) is 0. The van der Waals surface area contributed by atoms with Gasteiger partial charge in [-0.1, -0.05) is 23.7 Å². The van der Waals surface area contributed by atoms with Gasteiger partial charge in [-0.25, -0.2) is 0 Å². The summed E-state index contributed by atoms with van der Waals surface area (Å²) in [6.45, 7) is 4.50. The fourth-order valence-electron chi connectivity index (χ4n) is 2.84. The van der Waals surface area contributed by atoms with Crippen molar-refractivity contribution in [3.05, 3.63) is 69.2 Å². The molecule has 0 spiro atoms. The highest BCUT2D eigenvalue weighted by Crippen LogP contribution is 2.20. The maximum absolute atomic E-state index is 10.8.